The van der Waals surface area contributed by atoms with Gasteiger partial charge in [-0.25, -0.2) is 0 Å². The average Bonchev–Trinajstić information content (AvgIpc) is 2.82. The van der Waals surface area contributed by atoms with E-state index in [4.69, 9.17) is 10.8 Å². The molecule has 1 heterocycles. The van der Waals surface area contributed by atoms with Crippen LogP contribution < -0.4 is 5.73 Å². The Balaban J connectivity index is 2.10. The molecule has 0 aliphatic carbocycles. The largest absolute Gasteiger partial charge is 0.481 e. The zero-order valence-corrected chi connectivity index (χ0v) is 11.6. The molecule has 0 bridgehead atoms. The molecule has 0 saturated carbocycles. The third-order valence-corrected chi connectivity index (χ3v) is 4.02. The molecule has 1 fully saturated rings. The van der Waals surface area contributed by atoms with Crippen LogP contribution in [0, 0.1) is 5.92 Å². The van der Waals surface area contributed by atoms with Crippen LogP contribution in [0.15, 0.2) is 28.7 Å². The van der Waals surface area contributed by atoms with Crippen molar-refractivity contribution < 1.29 is 9.90 Å². The molecule has 98 valence electrons. The number of likely N-dealkylation sites (tertiary alicyclic amines) is 1. The smallest absolute Gasteiger partial charge is 0.307 e. The van der Waals surface area contributed by atoms with Crippen molar-refractivity contribution in [3.05, 3.63) is 34.3 Å². The molecule has 0 aromatic heterocycles. The molecule has 1 aliphatic heterocycles. The summed E-state index contributed by atoms with van der Waals surface area (Å²) in [4.78, 5) is 13.1. The molecule has 18 heavy (non-hydrogen) atoms. The van der Waals surface area contributed by atoms with Crippen LogP contribution in [0.5, 0.6) is 0 Å². The van der Waals surface area contributed by atoms with Gasteiger partial charge in [-0.3, -0.25) is 9.69 Å². The van der Waals surface area contributed by atoms with Gasteiger partial charge < -0.3 is 10.8 Å². The number of hydrogen-bond donors (Lipinski definition) is 2. The Bertz CT molecular complexity index is 422. The van der Waals surface area contributed by atoms with E-state index in [1.165, 1.54) is 0 Å². The lowest BCUT2D eigenvalue weighted by Gasteiger charge is -2.26. The minimum Gasteiger partial charge on any atom is -0.481 e. The van der Waals surface area contributed by atoms with Crippen LogP contribution in [0.25, 0.3) is 0 Å². The first-order valence-corrected chi connectivity index (χ1v) is 6.83. The Morgan fingerprint density at radius 1 is 1.50 bits per heavy atom. The number of nitrogens with zero attached hydrogens (tertiary/aromatic N) is 1. The van der Waals surface area contributed by atoms with Gasteiger partial charge in [-0.15, -0.1) is 0 Å². The molecule has 1 saturated heterocycles. The van der Waals surface area contributed by atoms with Crippen molar-refractivity contribution in [1.82, 2.24) is 4.90 Å². The van der Waals surface area contributed by atoms with Gasteiger partial charge >= 0.3 is 5.97 Å². The van der Waals surface area contributed by atoms with Gasteiger partial charge in [-0.2, -0.15) is 0 Å². The summed E-state index contributed by atoms with van der Waals surface area (Å²) in [6, 6.07) is 8.17. The average molecular weight is 313 g/mol. The topological polar surface area (TPSA) is 66.6 Å². The van der Waals surface area contributed by atoms with Crippen molar-refractivity contribution in [2.24, 2.45) is 11.7 Å². The fourth-order valence-corrected chi connectivity index (χ4v) is 2.72. The highest BCUT2D eigenvalue weighted by Crippen LogP contribution is 2.27. The van der Waals surface area contributed by atoms with Gasteiger partial charge in [0.25, 0.3) is 0 Å². The zero-order chi connectivity index (χ0) is 13.1. The first-order valence-electron chi connectivity index (χ1n) is 6.04. The highest BCUT2D eigenvalue weighted by atomic mass is 79.9. The third-order valence-electron chi connectivity index (χ3n) is 3.49. The number of benzene rings is 1. The third kappa shape index (κ3) is 2.91. The minimum atomic E-state index is -0.705. The lowest BCUT2D eigenvalue weighted by molar-refractivity contribution is -0.141. The highest BCUT2D eigenvalue weighted by Gasteiger charge is 2.32. The van der Waals surface area contributed by atoms with Crippen molar-refractivity contribution in [2.45, 2.75) is 12.5 Å². The molecule has 2 atom stereocenters. The number of nitrogens with two attached hydrogens (primary N) is 1. The summed E-state index contributed by atoms with van der Waals surface area (Å²) >= 11 is 3.41. The second-order valence-corrected chi connectivity index (χ2v) is 5.54. The standard InChI is InChI=1S/C13H17BrN2O2/c14-11-3-1-9(2-4-11)12(7-15)16-6-5-10(8-16)13(17)18/h1-4,10,12H,5-8,15H2,(H,17,18)/t10-,12-/m0/s1. The quantitative estimate of drug-likeness (QED) is 0.890. The number of halogens is 1. The van der Waals surface area contributed by atoms with Gasteiger partial charge in [0, 0.05) is 23.6 Å². The second-order valence-electron chi connectivity index (χ2n) is 4.62. The van der Waals surface area contributed by atoms with Crippen molar-refractivity contribution >= 4 is 21.9 Å². The molecule has 2 rings (SSSR count). The Hall–Kier alpha value is -0.910. The zero-order valence-electron chi connectivity index (χ0n) is 10.1. The molecule has 5 heteroatoms. The minimum absolute atomic E-state index is 0.113. The van der Waals surface area contributed by atoms with E-state index in [0.29, 0.717) is 19.5 Å². The van der Waals surface area contributed by atoms with Gasteiger partial charge in [0.1, 0.15) is 0 Å². The number of carbonyl (C=O) groups is 1. The summed E-state index contributed by atoms with van der Waals surface area (Å²) in [5, 5.41) is 9.03. The first kappa shape index (κ1) is 13.5. The maximum absolute atomic E-state index is 11.0. The fourth-order valence-electron chi connectivity index (χ4n) is 2.45. The van der Waals surface area contributed by atoms with Crippen LogP contribution >= 0.6 is 15.9 Å². The van der Waals surface area contributed by atoms with Crippen LogP contribution in [0.2, 0.25) is 0 Å². The summed E-state index contributed by atoms with van der Waals surface area (Å²) in [6.07, 6.45) is 0.711. The van der Waals surface area contributed by atoms with Gasteiger partial charge in [-0.1, -0.05) is 28.1 Å². The van der Waals surface area contributed by atoms with E-state index >= 15 is 0 Å². The van der Waals surface area contributed by atoms with Crippen molar-refractivity contribution in [3.63, 3.8) is 0 Å². The molecule has 1 aromatic carbocycles. The van der Waals surface area contributed by atoms with Crippen molar-refractivity contribution in [1.29, 1.82) is 0 Å². The lowest BCUT2D eigenvalue weighted by atomic mass is 10.1. The number of aliphatic carboxylic acids is 1. The normalized spacial score (nSPS) is 22.0. The van der Waals surface area contributed by atoms with E-state index in [1.54, 1.807) is 0 Å². The number of rotatable bonds is 4. The Morgan fingerprint density at radius 2 is 2.17 bits per heavy atom. The van der Waals surface area contributed by atoms with Gasteiger partial charge in [0.05, 0.1) is 5.92 Å². The van der Waals surface area contributed by atoms with Gasteiger partial charge in [0.2, 0.25) is 0 Å². The number of carboxylic acid groups (broad SMARTS) is 1. The van der Waals surface area contributed by atoms with E-state index in [2.05, 4.69) is 20.8 Å². The summed E-state index contributed by atoms with van der Waals surface area (Å²) < 4.78 is 1.03. The Kier molecular flexibility index (Phi) is 4.37. The van der Waals surface area contributed by atoms with Crippen molar-refractivity contribution in [2.75, 3.05) is 19.6 Å². The fraction of sp³-hybridized carbons (Fsp3) is 0.462. The van der Waals surface area contributed by atoms with Gasteiger partial charge in [-0.05, 0) is 30.7 Å². The van der Waals surface area contributed by atoms with Crippen molar-refractivity contribution in [3.8, 4) is 0 Å². The van der Waals surface area contributed by atoms with Crippen LogP contribution in [0.3, 0.4) is 0 Å². The molecular weight excluding hydrogens is 296 g/mol. The first-order chi connectivity index (χ1) is 8.61. The van der Waals surface area contributed by atoms with Gasteiger partial charge in [0.15, 0.2) is 0 Å². The molecule has 1 aliphatic rings. The summed E-state index contributed by atoms with van der Waals surface area (Å²) in [6.45, 7) is 1.90. The van der Waals surface area contributed by atoms with Crippen LogP contribution in [-0.4, -0.2) is 35.6 Å². The summed E-state index contributed by atoms with van der Waals surface area (Å²) in [5.74, 6) is -0.960. The molecule has 0 spiro atoms. The molecule has 0 amide bonds. The molecule has 0 radical (unpaired) electrons. The highest BCUT2D eigenvalue weighted by molar-refractivity contribution is 9.10. The Morgan fingerprint density at radius 3 is 2.67 bits per heavy atom. The SMILES string of the molecule is NC[C@@H](c1ccc(Br)cc1)N1CC[C@H](C(=O)O)C1. The van der Waals surface area contributed by atoms with Crippen LogP contribution in [-0.2, 0) is 4.79 Å². The molecule has 1 aromatic rings. The maximum atomic E-state index is 11.0. The predicted octanol–water partition coefficient (Wildman–Crippen LogP) is 1.86. The van der Waals surface area contributed by atoms with E-state index < -0.39 is 5.97 Å². The molecular formula is C13H17BrN2O2. The van der Waals surface area contributed by atoms with Crippen LogP contribution in [0.1, 0.15) is 18.0 Å². The Labute approximate surface area is 115 Å². The van der Waals surface area contributed by atoms with Crippen LogP contribution in [0.4, 0.5) is 0 Å². The van der Waals surface area contributed by atoms with E-state index in [-0.39, 0.29) is 12.0 Å². The molecule has 4 nitrogen and oxygen atoms in total. The second kappa shape index (κ2) is 5.82. The number of carboxylic acids is 1. The molecule has 3 N–H and O–H groups in total. The summed E-state index contributed by atoms with van der Waals surface area (Å²) in [7, 11) is 0. The lowest BCUT2D eigenvalue weighted by Crippen LogP contribution is -2.32. The van der Waals surface area contributed by atoms with E-state index in [1.807, 2.05) is 24.3 Å². The summed E-state index contributed by atoms with van der Waals surface area (Å²) in [5.41, 5.74) is 6.99. The monoisotopic (exact) mass is 312 g/mol. The predicted molar refractivity (Wildman–Crippen MR) is 73.3 cm³/mol. The van der Waals surface area contributed by atoms with E-state index in [9.17, 15) is 4.79 Å². The molecule has 0 unspecified atom stereocenters. The van der Waals surface area contributed by atoms with E-state index in [0.717, 1.165) is 16.6 Å². The maximum Gasteiger partial charge on any atom is 0.307 e. The number of hydrogen-bond acceptors (Lipinski definition) is 3.